The third-order valence-electron chi connectivity index (χ3n) is 2.34. The molecular weight excluding hydrogens is 353 g/mol. The summed E-state index contributed by atoms with van der Waals surface area (Å²) in [6, 6.07) is 8.00. The van der Waals surface area contributed by atoms with E-state index in [1.165, 1.54) is 5.56 Å². The number of methoxy groups -OCH3 is 1. The number of nitrogens with zero attached hydrogens (tertiary/aromatic N) is 1. The van der Waals surface area contributed by atoms with Crippen molar-refractivity contribution in [2.24, 2.45) is 10.7 Å². The van der Waals surface area contributed by atoms with Gasteiger partial charge in [-0.25, -0.2) is 0 Å². The van der Waals surface area contributed by atoms with Gasteiger partial charge in [-0.05, 0) is 44.9 Å². The molecule has 0 radical (unpaired) electrons. The summed E-state index contributed by atoms with van der Waals surface area (Å²) < 4.78 is 5.11. The number of nitrogens with one attached hydrogen (secondary N) is 1. The number of rotatable bonds is 4. The predicted octanol–water partition coefficient (Wildman–Crippen LogP) is 2.56. The molecule has 0 spiro atoms. The van der Waals surface area contributed by atoms with E-state index in [0.29, 0.717) is 12.5 Å². The molecule has 0 fully saturated rings. The molecule has 4 nitrogen and oxygen atoms in total. The first kappa shape index (κ1) is 18.0. The van der Waals surface area contributed by atoms with Crippen molar-refractivity contribution < 1.29 is 4.74 Å². The van der Waals surface area contributed by atoms with Crippen LogP contribution in [0.5, 0.6) is 5.75 Å². The fourth-order valence-corrected chi connectivity index (χ4v) is 1.52. The number of hydrogen-bond acceptors (Lipinski definition) is 2. The van der Waals surface area contributed by atoms with Crippen LogP contribution in [0, 0.1) is 0 Å². The molecule has 0 atom stereocenters. The molecule has 19 heavy (non-hydrogen) atoms. The second kappa shape index (κ2) is 8.24. The van der Waals surface area contributed by atoms with Gasteiger partial charge in [-0.1, -0.05) is 12.1 Å². The van der Waals surface area contributed by atoms with Gasteiger partial charge in [-0.2, -0.15) is 0 Å². The van der Waals surface area contributed by atoms with Crippen molar-refractivity contribution in [3.05, 3.63) is 29.8 Å². The lowest BCUT2D eigenvalue weighted by Gasteiger charge is -2.20. The van der Waals surface area contributed by atoms with Crippen LogP contribution in [0.2, 0.25) is 0 Å². The molecule has 0 aliphatic rings. The van der Waals surface area contributed by atoms with Crippen LogP contribution in [-0.2, 0) is 6.42 Å². The number of halogens is 1. The topological polar surface area (TPSA) is 59.6 Å². The van der Waals surface area contributed by atoms with E-state index in [9.17, 15) is 0 Å². The summed E-state index contributed by atoms with van der Waals surface area (Å²) in [5.74, 6) is 1.37. The van der Waals surface area contributed by atoms with Crippen LogP contribution in [0.25, 0.3) is 0 Å². The smallest absolute Gasteiger partial charge is 0.188 e. The Bertz CT molecular complexity index is 396. The van der Waals surface area contributed by atoms with Crippen LogP contribution in [0.4, 0.5) is 0 Å². The normalized spacial score (nSPS) is 11.7. The number of ether oxygens (including phenoxy) is 1. The summed E-state index contributed by atoms with van der Waals surface area (Å²) >= 11 is 0. The molecule has 1 aromatic rings. The van der Waals surface area contributed by atoms with Crippen LogP contribution >= 0.6 is 24.0 Å². The minimum atomic E-state index is -0.0479. The van der Waals surface area contributed by atoms with Crippen LogP contribution in [0.1, 0.15) is 26.3 Å². The Morgan fingerprint density at radius 3 is 2.32 bits per heavy atom. The highest BCUT2D eigenvalue weighted by Gasteiger charge is 2.09. The Morgan fingerprint density at radius 1 is 1.26 bits per heavy atom. The van der Waals surface area contributed by atoms with Gasteiger partial charge in [0.2, 0.25) is 0 Å². The van der Waals surface area contributed by atoms with Gasteiger partial charge < -0.3 is 15.8 Å². The highest BCUT2D eigenvalue weighted by Crippen LogP contribution is 2.11. The summed E-state index contributed by atoms with van der Waals surface area (Å²) in [6.07, 6.45) is 0.872. The zero-order valence-electron chi connectivity index (χ0n) is 12.1. The molecule has 0 bridgehead atoms. The van der Waals surface area contributed by atoms with E-state index in [4.69, 9.17) is 10.5 Å². The molecule has 0 heterocycles. The Hall–Kier alpha value is -0.980. The fraction of sp³-hybridized carbons (Fsp3) is 0.500. The molecule has 0 aliphatic heterocycles. The van der Waals surface area contributed by atoms with Gasteiger partial charge >= 0.3 is 0 Å². The van der Waals surface area contributed by atoms with Gasteiger partial charge in [-0.15, -0.1) is 24.0 Å². The summed E-state index contributed by atoms with van der Waals surface area (Å²) in [5.41, 5.74) is 6.97. The highest BCUT2D eigenvalue weighted by atomic mass is 127. The molecule has 1 rings (SSSR count). The van der Waals surface area contributed by atoms with Crippen molar-refractivity contribution in [1.29, 1.82) is 0 Å². The zero-order chi connectivity index (χ0) is 13.6. The Balaban J connectivity index is 0.00000324. The van der Waals surface area contributed by atoms with Gasteiger partial charge in [0.05, 0.1) is 7.11 Å². The van der Waals surface area contributed by atoms with Crippen molar-refractivity contribution in [3.63, 3.8) is 0 Å². The summed E-state index contributed by atoms with van der Waals surface area (Å²) in [4.78, 5) is 4.30. The average molecular weight is 377 g/mol. The minimum absolute atomic E-state index is 0. The van der Waals surface area contributed by atoms with Gasteiger partial charge in [-0.3, -0.25) is 4.99 Å². The highest BCUT2D eigenvalue weighted by molar-refractivity contribution is 14.0. The van der Waals surface area contributed by atoms with Gasteiger partial charge in [0, 0.05) is 12.1 Å². The second-order valence-corrected chi connectivity index (χ2v) is 5.24. The quantitative estimate of drug-likeness (QED) is 0.482. The number of benzene rings is 1. The fourth-order valence-electron chi connectivity index (χ4n) is 1.52. The molecule has 5 heteroatoms. The van der Waals surface area contributed by atoms with E-state index in [1.54, 1.807) is 7.11 Å². The molecule has 108 valence electrons. The zero-order valence-corrected chi connectivity index (χ0v) is 14.4. The summed E-state index contributed by atoms with van der Waals surface area (Å²) in [5, 5.41) is 3.13. The summed E-state index contributed by atoms with van der Waals surface area (Å²) in [6.45, 7) is 6.85. The predicted molar refractivity (Wildman–Crippen MR) is 91.5 cm³/mol. The van der Waals surface area contributed by atoms with Crippen molar-refractivity contribution >= 4 is 29.9 Å². The SMILES string of the molecule is COc1ccc(CCN=C(N)NC(C)(C)C)cc1.I. The van der Waals surface area contributed by atoms with Crippen LogP contribution in [0.3, 0.4) is 0 Å². The van der Waals surface area contributed by atoms with E-state index >= 15 is 0 Å². The molecule has 0 aliphatic carbocycles. The first-order chi connectivity index (χ1) is 8.40. The number of guanidine groups is 1. The number of hydrogen-bond donors (Lipinski definition) is 2. The van der Waals surface area contributed by atoms with E-state index in [0.717, 1.165) is 12.2 Å². The maximum Gasteiger partial charge on any atom is 0.188 e. The largest absolute Gasteiger partial charge is 0.497 e. The van der Waals surface area contributed by atoms with Crippen LogP contribution in [0.15, 0.2) is 29.3 Å². The standard InChI is InChI=1S/C14H23N3O.HI/c1-14(2,3)17-13(15)16-10-9-11-5-7-12(18-4)8-6-11;/h5-8H,9-10H2,1-4H3,(H3,15,16,17);1H. The van der Waals surface area contributed by atoms with E-state index in [-0.39, 0.29) is 29.5 Å². The first-order valence-electron chi connectivity index (χ1n) is 6.12. The van der Waals surface area contributed by atoms with Crippen LogP contribution < -0.4 is 15.8 Å². The molecule has 0 saturated carbocycles. The van der Waals surface area contributed by atoms with Crippen molar-refractivity contribution in [1.82, 2.24) is 5.32 Å². The third-order valence-corrected chi connectivity index (χ3v) is 2.34. The Kier molecular flexibility index (Phi) is 7.82. The second-order valence-electron chi connectivity index (χ2n) is 5.24. The Morgan fingerprint density at radius 2 is 1.84 bits per heavy atom. The molecule has 0 unspecified atom stereocenters. The minimum Gasteiger partial charge on any atom is -0.497 e. The third kappa shape index (κ3) is 7.92. The van der Waals surface area contributed by atoms with Crippen molar-refractivity contribution in [2.45, 2.75) is 32.7 Å². The van der Waals surface area contributed by atoms with E-state index in [1.807, 2.05) is 24.3 Å². The molecule has 0 amide bonds. The molecule has 0 aromatic heterocycles. The maximum absolute atomic E-state index is 5.79. The molecule has 3 N–H and O–H groups in total. The van der Waals surface area contributed by atoms with Crippen LogP contribution in [-0.4, -0.2) is 25.2 Å². The lowest BCUT2D eigenvalue weighted by Crippen LogP contribution is -2.45. The maximum atomic E-state index is 5.79. The van der Waals surface area contributed by atoms with Gasteiger partial charge in [0.1, 0.15) is 5.75 Å². The lowest BCUT2D eigenvalue weighted by molar-refractivity contribution is 0.414. The van der Waals surface area contributed by atoms with E-state index < -0.39 is 0 Å². The molecular formula is C14H24IN3O. The van der Waals surface area contributed by atoms with Gasteiger partial charge in [0.15, 0.2) is 5.96 Å². The monoisotopic (exact) mass is 377 g/mol. The van der Waals surface area contributed by atoms with Crippen molar-refractivity contribution in [2.75, 3.05) is 13.7 Å². The first-order valence-corrected chi connectivity index (χ1v) is 6.12. The Labute approximate surface area is 132 Å². The van der Waals surface area contributed by atoms with Crippen molar-refractivity contribution in [3.8, 4) is 5.75 Å². The van der Waals surface area contributed by atoms with E-state index in [2.05, 4.69) is 31.1 Å². The lowest BCUT2D eigenvalue weighted by atomic mass is 10.1. The summed E-state index contributed by atoms with van der Waals surface area (Å²) in [7, 11) is 1.66. The molecule has 0 saturated heterocycles. The average Bonchev–Trinajstić information content (AvgIpc) is 2.27. The molecule has 1 aromatic carbocycles. The number of nitrogens with two attached hydrogens (primary N) is 1. The number of aliphatic imine (C=N–C) groups is 1. The van der Waals surface area contributed by atoms with Gasteiger partial charge in [0.25, 0.3) is 0 Å².